The fourth-order valence-electron chi connectivity index (χ4n) is 3.03. The molecule has 0 radical (unpaired) electrons. The van der Waals surface area contributed by atoms with Crippen molar-refractivity contribution in [3.8, 4) is 11.5 Å². The van der Waals surface area contributed by atoms with Crippen LogP contribution in [0.15, 0.2) is 6.07 Å². The molecule has 104 valence electrons. The summed E-state index contributed by atoms with van der Waals surface area (Å²) in [4.78, 5) is 0. The first-order valence-electron chi connectivity index (χ1n) is 7.04. The summed E-state index contributed by atoms with van der Waals surface area (Å²) in [6.07, 6.45) is 5.68. The first-order valence-corrected chi connectivity index (χ1v) is 7.42. The fourth-order valence-corrected chi connectivity index (χ4v) is 3.34. The van der Waals surface area contributed by atoms with Gasteiger partial charge in [0, 0.05) is 18.0 Å². The van der Waals surface area contributed by atoms with Crippen molar-refractivity contribution in [1.29, 1.82) is 0 Å². The van der Waals surface area contributed by atoms with E-state index in [1.807, 2.05) is 6.07 Å². The summed E-state index contributed by atoms with van der Waals surface area (Å²) in [5, 5.41) is 4.44. The fraction of sp³-hybridized carbons (Fsp3) is 0.600. The smallest absolute Gasteiger partial charge is 0.165 e. The van der Waals surface area contributed by atoms with Crippen LogP contribution in [0.2, 0.25) is 5.02 Å². The maximum atomic E-state index is 6.54. The lowest BCUT2D eigenvalue weighted by atomic mass is 9.96. The molecule has 0 aliphatic carbocycles. The molecule has 1 saturated heterocycles. The van der Waals surface area contributed by atoms with Crippen molar-refractivity contribution in [3.05, 3.63) is 22.2 Å². The van der Waals surface area contributed by atoms with E-state index in [0.29, 0.717) is 12.6 Å². The van der Waals surface area contributed by atoms with Gasteiger partial charge in [-0.3, -0.25) is 0 Å². The second-order valence-electron chi connectivity index (χ2n) is 5.31. The van der Waals surface area contributed by atoms with Gasteiger partial charge in [0.25, 0.3) is 0 Å². The molecule has 0 amide bonds. The van der Waals surface area contributed by atoms with Gasteiger partial charge in [-0.05, 0) is 37.4 Å². The van der Waals surface area contributed by atoms with Crippen LogP contribution in [0.5, 0.6) is 11.5 Å². The Kier molecular flexibility index (Phi) is 3.85. The standard InChI is InChI=1S/C15H20ClNO2/c1-18-13-9-10(8-11-4-2-3-6-17-11)14(16)12-5-7-19-15(12)13/h9,11,17H,2-8H2,1H3. The van der Waals surface area contributed by atoms with Crippen molar-refractivity contribution in [3.63, 3.8) is 0 Å². The van der Waals surface area contributed by atoms with E-state index in [9.17, 15) is 0 Å². The number of halogens is 1. The van der Waals surface area contributed by atoms with Gasteiger partial charge in [0.05, 0.1) is 18.7 Å². The molecule has 0 aromatic heterocycles. The lowest BCUT2D eigenvalue weighted by Gasteiger charge is -2.24. The molecule has 1 unspecified atom stereocenters. The van der Waals surface area contributed by atoms with Crippen molar-refractivity contribution >= 4 is 11.6 Å². The highest BCUT2D eigenvalue weighted by atomic mass is 35.5. The van der Waals surface area contributed by atoms with Gasteiger partial charge >= 0.3 is 0 Å². The lowest BCUT2D eigenvalue weighted by Crippen LogP contribution is -2.35. The topological polar surface area (TPSA) is 30.5 Å². The van der Waals surface area contributed by atoms with E-state index in [2.05, 4.69) is 5.32 Å². The van der Waals surface area contributed by atoms with Gasteiger partial charge in [-0.25, -0.2) is 0 Å². The molecule has 0 saturated carbocycles. The molecule has 2 heterocycles. The lowest BCUT2D eigenvalue weighted by molar-refractivity contribution is 0.325. The summed E-state index contributed by atoms with van der Waals surface area (Å²) in [6, 6.07) is 2.58. The number of methoxy groups -OCH3 is 1. The van der Waals surface area contributed by atoms with Crippen LogP contribution in [0.3, 0.4) is 0 Å². The van der Waals surface area contributed by atoms with E-state index in [0.717, 1.165) is 41.5 Å². The third-order valence-corrected chi connectivity index (χ3v) is 4.52. The third-order valence-electron chi connectivity index (χ3n) is 4.05. The highest BCUT2D eigenvalue weighted by Gasteiger charge is 2.24. The number of ether oxygens (including phenoxy) is 2. The summed E-state index contributed by atoms with van der Waals surface area (Å²) >= 11 is 6.54. The Bertz CT molecular complexity index is 470. The highest BCUT2D eigenvalue weighted by Crippen LogP contribution is 2.42. The molecule has 4 heteroatoms. The Balaban J connectivity index is 1.88. The van der Waals surface area contributed by atoms with E-state index < -0.39 is 0 Å². The summed E-state index contributed by atoms with van der Waals surface area (Å²) in [5.74, 6) is 1.66. The molecule has 19 heavy (non-hydrogen) atoms. The van der Waals surface area contributed by atoms with Gasteiger partial charge < -0.3 is 14.8 Å². The molecule has 1 fully saturated rings. The number of nitrogens with one attached hydrogen (secondary N) is 1. The van der Waals surface area contributed by atoms with Crippen LogP contribution in [0.4, 0.5) is 0 Å². The van der Waals surface area contributed by atoms with Crippen molar-refractivity contribution in [2.24, 2.45) is 0 Å². The molecule has 0 bridgehead atoms. The number of piperidine rings is 1. The van der Waals surface area contributed by atoms with Crippen LogP contribution in [-0.2, 0) is 12.8 Å². The van der Waals surface area contributed by atoms with E-state index in [4.69, 9.17) is 21.1 Å². The third kappa shape index (κ3) is 2.54. The Morgan fingerprint density at radius 3 is 3.11 bits per heavy atom. The predicted molar refractivity (Wildman–Crippen MR) is 76.5 cm³/mol. The summed E-state index contributed by atoms with van der Waals surface area (Å²) in [6.45, 7) is 1.82. The Morgan fingerprint density at radius 2 is 2.37 bits per heavy atom. The first-order chi connectivity index (χ1) is 9.29. The van der Waals surface area contributed by atoms with Crippen LogP contribution in [0, 0.1) is 0 Å². The molecule has 1 aromatic carbocycles. The average Bonchev–Trinajstić information content (AvgIpc) is 2.93. The van der Waals surface area contributed by atoms with E-state index in [1.165, 1.54) is 24.8 Å². The Morgan fingerprint density at radius 1 is 1.47 bits per heavy atom. The van der Waals surface area contributed by atoms with Crippen LogP contribution >= 0.6 is 11.6 Å². The molecule has 2 aliphatic rings. The molecule has 3 nitrogen and oxygen atoms in total. The molecule has 1 aromatic rings. The van der Waals surface area contributed by atoms with Gasteiger partial charge in [-0.1, -0.05) is 18.0 Å². The quantitative estimate of drug-likeness (QED) is 0.924. The van der Waals surface area contributed by atoms with Crippen molar-refractivity contribution in [1.82, 2.24) is 5.32 Å². The first kappa shape index (κ1) is 13.1. The second kappa shape index (κ2) is 5.59. The molecule has 1 atom stereocenters. The van der Waals surface area contributed by atoms with E-state index in [1.54, 1.807) is 7.11 Å². The maximum Gasteiger partial charge on any atom is 0.165 e. The minimum atomic E-state index is 0.538. The van der Waals surface area contributed by atoms with E-state index >= 15 is 0 Å². The van der Waals surface area contributed by atoms with Crippen LogP contribution in [-0.4, -0.2) is 26.3 Å². The van der Waals surface area contributed by atoms with Gasteiger partial charge in [-0.15, -0.1) is 0 Å². The number of fused-ring (bicyclic) bond motifs is 1. The summed E-state index contributed by atoms with van der Waals surface area (Å²) in [7, 11) is 1.69. The van der Waals surface area contributed by atoms with Gasteiger partial charge in [0.1, 0.15) is 0 Å². The Hall–Kier alpha value is -0.930. The number of benzene rings is 1. The monoisotopic (exact) mass is 281 g/mol. The zero-order chi connectivity index (χ0) is 13.2. The zero-order valence-electron chi connectivity index (χ0n) is 11.3. The molecule has 0 spiro atoms. The van der Waals surface area contributed by atoms with Gasteiger partial charge in [0.15, 0.2) is 11.5 Å². The van der Waals surface area contributed by atoms with Gasteiger partial charge in [0.2, 0.25) is 0 Å². The van der Waals surface area contributed by atoms with Crippen molar-refractivity contribution in [2.75, 3.05) is 20.3 Å². The predicted octanol–water partition coefficient (Wildman–Crippen LogP) is 2.97. The largest absolute Gasteiger partial charge is 0.493 e. The zero-order valence-corrected chi connectivity index (χ0v) is 12.1. The van der Waals surface area contributed by atoms with Crippen molar-refractivity contribution in [2.45, 2.75) is 38.1 Å². The molecular weight excluding hydrogens is 262 g/mol. The number of hydrogen-bond acceptors (Lipinski definition) is 3. The minimum Gasteiger partial charge on any atom is -0.493 e. The SMILES string of the molecule is COc1cc(CC2CCCCN2)c(Cl)c2c1OCC2. The summed E-state index contributed by atoms with van der Waals surface area (Å²) < 4.78 is 11.1. The van der Waals surface area contributed by atoms with Crippen molar-refractivity contribution < 1.29 is 9.47 Å². The number of hydrogen-bond donors (Lipinski definition) is 1. The highest BCUT2D eigenvalue weighted by molar-refractivity contribution is 6.32. The summed E-state index contributed by atoms with van der Waals surface area (Å²) in [5.41, 5.74) is 2.30. The molecule has 3 rings (SSSR count). The normalized spacial score (nSPS) is 21.9. The molecular formula is C15H20ClNO2. The Labute approximate surface area is 119 Å². The average molecular weight is 282 g/mol. The van der Waals surface area contributed by atoms with E-state index in [-0.39, 0.29) is 0 Å². The van der Waals surface area contributed by atoms with Crippen LogP contribution < -0.4 is 14.8 Å². The maximum absolute atomic E-state index is 6.54. The molecule has 1 N–H and O–H groups in total. The molecule has 2 aliphatic heterocycles. The minimum absolute atomic E-state index is 0.538. The number of rotatable bonds is 3. The van der Waals surface area contributed by atoms with Crippen LogP contribution in [0.1, 0.15) is 30.4 Å². The van der Waals surface area contributed by atoms with Crippen LogP contribution in [0.25, 0.3) is 0 Å². The van der Waals surface area contributed by atoms with Gasteiger partial charge in [-0.2, -0.15) is 0 Å². The second-order valence-corrected chi connectivity index (χ2v) is 5.69.